The van der Waals surface area contributed by atoms with E-state index in [9.17, 15) is 0 Å². The van der Waals surface area contributed by atoms with E-state index in [0.29, 0.717) is 10.9 Å². The van der Waals surface area contributed by atoms with E-state index in [1.54, 1.807) is 16.9 Å². The van der Waals surface area contributed by atoms with Gasteiger partial charge in [0.05, 0.1) is 5.69 Å². The summed E-state index contributed by atoms with van der Waals surface area (Å²) in [6, 6.07) is 3.56. The number of nitrogens with zero attached hydrogens (tertiary/aromatic N) is 4. The number of hydrogen-bond acceptors (Lipinski definition) is 5. The number of nitrogens with two attached hydrogens (primary N) is 1. The molecule has 0 bridgehead atoms. The highest BCUT2D eigenvalue weighted by Gasteiger charge is 2.08. The maximum absolute atomic E-state index is 7.32. The number of hydrogen-bond donors (Lipinski definition) is 2. The number of aryl methyl sites for hydroxylation is 2. The summed E-state index contributed by atoms with van der Waals surface area (Å²) in [6.07, 6.45) is 1.59. The average molecular weight is 248 g/mol. The van der Waals surface area contributed by atoms with Crippen LogP contribution < -0.4 is 5.73 Å². The van der Waals surface area contributed by atoms with Crippen LogP contribution in [0.5, 0.6) is 0 Å². The van der Waals surface area contributed by atoms with Gasteiger partial charge in [-0.05, 0) is 30.8 Å². The molecule has 2 aromatic rings. The quantitative estimate of drug-likeness (QED) is 0.479. The standard InChI is InChI=1S/C10H12N6S/c1-6-5-8(16(2)15-6)17-10-13-4-3-7(14-10)9(11)12/h3-5H,1-2H3,(H3,11,12). The Bertz CT molecular complexity index is 562. The Labute approximate surface area is 103 Å². The number of aromatic nitrogens is 4. The lowest BCUT2D eigenvalue weighted by atomic mass is 10.4. The van der Waals surface area contributed by atoms with Crippen LogP contribution in [0.1, 0.15) is 11.4 Å². The smallest absolute Gasteiger partial charge is 0.194 e. The summed E-state index contributed by atoms with van der Waals surface area (Å²) >= 11 is 1.39. The molecule has 0 aliphatic heterocycles. The monoisotopic (exact) mass is 248 g/mol. The molecule has 2 aromatic heterocycles. The molecule has 0 amide bonds. The maximum Gasteiger partial charge on any atom is 0.194 e. The van der Waals surface area contributed by atoms with Gasteiger partial charge in [0.1, 0.15) is 16.6 Å². The topological polar surface area (TPSA) is 93.5 Å². The number of nitrogens with one attached hydrogen (secondary N) is 1. The second kappa shape index (κ2) is 4.54. The lowest BCUT2D eigenvalue weighted by Crippen LogP contribution is -2.13. The van der Waals surface area contributed by atoms with Crippen LogP contribution in [0, 0.1) is 12.3 Å². The van der Waals surface area contributed by atoms with Gasteiger partial charge in [-0.15, -0.1) is 0 Å². The fourth-order valence-corrected chi connectivity index (χ4v) is 2.16. The van der Waals surface area contributed by atoms with E-state index in [0.717, 1.165) is 10.7 Å². The minimum Gasteiger partial charge on any atom is -0.382 e. The molecule has 88 valence electrons. The van der Waals surface area contributed by atoms with E-state index in [2.05, 4.69) is 15.1 Å². The molecule has 0 fully saturated rings. The molecule has 0 saturated carbocycles. The van der Waals surface area contributed by atoms with Crippen molar-refractivity contribution < 1.29 is 0 Å². The molecule has 0 aliphatic rings. The molecule has 6 nitrogen and oxygen atoms in total. The summed E-state index contributed by atoms with van der Waals surface area (Å²) in [5.74, 6) is -0.0598. The van der Waals surface area contributed by atoms with Gasteiger partial charge in [0.25, 0.3) is 0 Å². The Morgan fingerprint density at radius 3 is 2.88 bits per heavy atom. The highest BCUT2D eigenvalue weighted by Crippen LogP contribution is 2.24. The van der Waals surface area contributed by atoms with Crippen molar-refractivity contribution in [2.45, 2.75) is 17.1 Å². The van der Waals surface area contributed by atoms with E-state index in [-0.39, 0.29) is 5.84 Å². The van der Waals surface area contributed by atoms with Gasteiger partial charge in [-0.2, -0.15) is 5.10 Å². The molecule has 2 rings (SSSR count). The largest absolute Gasteiger partial charge is 0.382 e. The first kappa shape index (κ1) is 11.6. The summed E-state index contributed by atoms with van der Waals surface area (Å²) in [6.45, 7) is 1.93. The summed E-state index contributed by atoms with van der Waals surface area (Å²) in [5, 5.41) is 13.1. The van der Waals surface area contributed by atoms with Crippen molar-refractivity contribution in [2.24, 2.45) is 12.8 Å². The Hall–Kier alpha value is -1.89. The van der Waals surface area contributed by atoms with E-state index in [1.165, 1.54) is 11.8 Å². The number of amidine groups is 1. The Balaban J connectivity index is 2.27. The van der Waals surface area contributed by atoms with Crippen LogP contribution in [-0.4, -0.2) is 25.6 Å². The van der Waals surface area contributed by atoms with E-state index < -0.39 is 0 Å². The van der Waals surface area contributed by atoms with E-state index in [1.807, 2.05) is 20.0 Å². The molecule has 0 aromatic carbocycles. The molecular formula is C10H12N6S. The maximum atomic E-state index is 7.32. The highest BCUT2D eigenvalue weighted by atomic mass is 32.2. The van der Waals surface area contributed by atoms with Crippen LogP contribution in [0.25, 0.3) is 0 Å². The van der Waals surface area contributed by atoms with Crippen LogP contribution in [-0.2, 0) is 7.05 Å². The molecule has 0 aliphatic carbocycles. The van der Waals surface area contributed by atoms with Crippen molar-refractivity contribution in [3.63, 3.8) is 0 Å². The Kier molecular flexibility index (Phi) is 3.10. The van der Waals surface area contributed by atoms with E-state index in [4.69, 9.17) is 11.1 Å². The molecule has 0 radical (unpaired) electrons. The van der Waals surface area contributed by atoms with Crippen molar-refractivity contribution >= 4 is 17.6 Å². The highest BCUT2D eigenvalue weighted by molar-refractivity contribution is 7.99. The predicted molar refractivity (Wildman–Crippen MR) is 65.1 cm³/mol. The molecule has 3 N–H and O–H groups in total. The van der Waals surface area contributed by atoms with Gasteiger partial charge in [0.2, 0.25) is 0 Å². The summed E-state index contributed by atoms with van der Waals surface area (Å²) in [5.41, 5.74) is 6.75. The predicted octanol–water partition coefficient (Wildman–Crippen LogP) is 0.954. The second-order valence-corrected chi connectivity index (χ2v) is 4.48. The first-order valence-electron chi connectivity index (χ1n) is 4.92. The summed E-state index contributed by atoms with van der Waals surface area (Å²) < 4.78 is 1.77. The van der Waals surface area contributed by atoms with Gasteiger partial charge in [-0.25, -0.2) is 9.97 Å². The molecule has 0 atom stereocenters. The number of nitrogen functional groups attached to an aromatic ring is 1. The summed E-state index contributed by atoms with van der Waals surface area (Å²) in [7, 11) is 1.87. The van der Waals surface area contributed by atoms with Crippen LogP contribution in [0.4, 0.5) is 0 Å². The van der Waals surface area contributed by atoms with Crippen molar-refractivity contribution in [2.75, 3.05) is 0 Å². The van der Waals surface area contributed by atoms with Crippen LogP contribution in [0.3, 0.4) is 0 Å². The zero-order valence-corrected chi connectivity index (χ0v) is 10.3. The van der Waals surface area contributed by atoms with Crippen LogP contribution >= 0.6 is 11.8 Å². The summed E-state index contributed by atoms with van der Waals surface area (Å²) in [4.78, 5) is 8.31. The third-order valence-electron chi connectivity index (χ3n) is 2.06. The van der Waals surface area contributed by atoms with Crippen LogP contribution in [0.15, 0.2) is 28.5 Å². The van der Waals surface area contributed by atoms with Crippen LogP contribution in [0.2, 0.25) is 0 Å². The minimum atomic E-state index is -0.0598. The molecule has 0 saturated heterocycles. The molecule has 0 spiro atoms. The lowest BCUT2D eigenvalue weighted by molar-refractivity contribution is 0.691. The van der Waals surface area contributed by atoms with Crippen molar-refractivity contribution in [1.29, 1.82) is 5.41 Å². The SMILES string of the molecule is Cc1cc(Sc2nccc(C(=N)N)n2)n(C)n1. The molecule has 7 heteroatoms. The zero-order chi connectivity index (χ0) is 12.4. The lowest BCUT2D eigenvalue weighted by Gasteiger charge is -2.02. The fraction of sp³-hybridized carbons (Fsp3) is 0.200. The van der Waals surface area contributed by atoms with Crippen molar-refractivity contribution in [3.8, 4) is 0 Å². The van der Waals surface area contributed by atoms with Gasteiger partial charge < -0.3 is 5.73 Å². The fourth-order valence-electron chi connectivity index (χ4n) is 1.32. The average Bonchev–Trinajstić information content (AvgIpc) is 2.58. The first-order valence-corrected chi connectivity index (χ1v) is 5.74. The second-order valence-electron chi connectivity index (χ2n) is 3.49. The third kappa shape index (κ3) is 2.62. The van der Waals surface area contributed by atoms with Crippen molar-refractivity contribution in [1.82, 2.24) is 19.7 Å². The van der Waals surface area contributed by atoms with Gasteiger partial charge in [0, 0.05) is 13.2 Å². The van der Waals surface area contributed by atoms with Crippen molar-refractivity contribution in [3.05, 3.63) is 29.7 Å². The number of rotatable bonds is 3. The normalized spacial score (nSPS) is 10.5. The molecular weight excluding hydrogens is 236 g/mol. The third-order valence-corrected chi connectivity index (χ3v) is 3.03. The van der Waals surface area contributed by atoms with Gasteiger partial charge >= 0.3 is 0 Å². The Morgan fingerprint density at radius 1 is 1.53 bits per heavy atom. The minimum absolute atomic E-state index is 0.0598. The Morgan fingerprint density at radius 2 is 2.29 bits per heavy atom. The zero-order valence-electron chi connectivity index (χ0n) is 9.51. The first-order chi connectivity index (χ1) is 8.06. The molecule has 0 unspecified atom stereocenters. The van der Waals surface area contributed by atoms with Gasteiger partial charge in [-0.1, -0.05) is 0 Å². The van der Waals surface area contributed by atoms with E-state index >= 15 is 0 Å². The molecule has 2 heterocycles. The molecule has 17 heavy (non-hydrogen) atoms. The van der Waals surface area contributed by atoms with Gasteiger partial charge in [-0.3, -0.25) is 10.1 Å². The van der Waals surface area contributed by atoms with Gasteiger partial charge in [0.15, 0.2) is 5.16 Å².